The number of para-hydroxylation sites is 1. The van der Waals surface area contributed by atoms with Crippen LogP contribution in [-0.2, 0) is 36.8 Å². The van der Waals surface area contributed by atoms with Crippen LogP contribution >= 0.6 is 0 Å². The Kier molecular flexibility index (Phi) is 13.5. The number of carbonyl (C=O) groups is 5. The minimum atomic E-state index is -1.16. The number of H-pyrrole nitrogens is 1. The van der Waals surface area contributed by atoms with E-state index in [-0.39, 0.29) is 31.7 Å². The summed E-state index contributed by atoms with van der Waals surface area (Å²) in [5.74, 6) is -3.04. The third-order valence-electron chi connectivity index (χ3n) is 7.45. The number of ether oxygens (including phenoxy) is 1. The van der Waals surface area contributed by atoms with Crippen molar-refractivity contribution in [1.82, 2.24) is 26.3 Å². The van der Waals surface area contributed by atoms with Gasteiger partial charge in [0, 0.05) is 30.1 Å². The fraction of sp³-hybridized carbons (Fsp3) is 0.457. The number of alkyl carbamates (subject to hydrolysis) is 1. The Morgan fingerprint density at radius 2 is 1.50 bits per heavy atom. The quantitative estimate of drug-likeness (QED) is 0.114. The van der Waals surface area contributed by atoms with E-state index < -0.39 is 66.0 Å². The van der Waals surface area contributed by atoms with Crippen molar-refractivity contribution in [2.45, 2.75) is 90.1 Å². The van der Waals surface area contributed by atoms with Crippen LogP contribution in [0.25, 0.3) is 10.9 Å². The van der Waals surface area contributed by atoms with Crippen LogP contribution in [0.3, 0.4) is 0 Å². The number of nitrogens with one attached hydrogen (secondary N) is 5. The summed E-state index contributed by atoms with van der Waals surface area (Å²) in [6.07, 6.45) is 1.14. The number of primary amides is 1. The van der Waals surface area contributed by atoms with Crippen LogP contribution in [0.2, 0.25) is 0 Å². The van der Waals surface area contributed by atoms with Gasteiger partial charge in [-0.25, -0.2) is 4.79 Å². The van der Waals surface area contributed by atoms with E-state index in [0.29, 0.717) is 0 Å². The van der Waals surface area contributed by atoms with Crippen molar-refractivity contribution in [3.8, 4) is 0 Å². The van der Waals surface area contributed by atoms with Crippen LogP contribution in [0.4, 0.5) is 4.79 Å². The van der Waals surface area contributed by atoms with E-state index >= 15 is 0 Å². The van der Waals surface area contributed by atoms with Gasteiger partial charge in [-0.05, 0) is 56.7 Å². The number of amides is 4. The smallest absolute Gasteiger partial charge is 0.408 e. The molecule has 4 atom stereocenters. The number of hydrogen-bond acceptors (Lipinski definition) is 7. The largest absolute Gasteiger partial charge is 0.481 e. The molecule has 260 valence electrons. The van der Waals surface area contributed by atoms with E-state index in [1.54, 1.807) is 27.0 Å². The average molecular weight is 665 g/mol. The first-order valence-electron chi connectivity index (χ1n) is 16.0. The Hall–Kier alpha value is -4.91. The van der Waals surface area contributed by atoms with Gasteiger partial charge in [0.05, 0.1) is 18.5 Å². The first-order chi connectivity index (χ1) is 22.6. The number of rotatable bonds is 17. The lowest BCUT2D eigenvalue weighted by molar-refractivity contribution is -0.138. The highest BCUT2D eigenvalue weighted by Gasteiger charge is 2.31. The summed E-state index contributed by atoms with van der Waals surface area (Å²) in [5.41, 5.74) is 7.30. The molecule has 0 fully saturated rings. The average Bonchev–Trinajstić information content (AvgIpc) is 3.40. The number of fused-ring (bicyclic) bond motifs is 1. The number of benzene rings is 2. The Balaban J connectivity index is 1.78. The number of nitrogens with two attached hydrogens (primary N) is 1. The lowest BCUT2D eigenvalue weighted by atomic mass is 10.00. The summed E-state index contributed by atoms with van der Waals surface area (Å²) in [4.78, 5) is 67.3. The highest BCUT2D eigenvalue weighted by Crippen LogP contribution is 2.20. The van der Waals surface area contributed by atoms with Crippen molar-refractivity contribution in [2.75, 3.05) is 6.54 Å². The van der Waals surface area contributed by atoms with Gasteiger partial charge >= 0.3 is 12.1 Å². The molecule has 0 spiro atoms. The van der Waals surface area contributed by atoms with Crippen LogP contribution in [0.5, 0.6) is 0 Å². The molecule has 0 aliphatic heterocycles. The molecule has 13 heteroatoms. The van der Waals surface area contributed by atoms with Gasteiger partial charge in [-0.3, -0.25) is 19.2 Å². The van der Waals surface area contributed by atoms with Crippen molar-refractivity contribution in [1.29, 1.82) is 0 Å². The molecule has 0 bridgehead atoms. The number of carboxylic acid groups (broad SMARTS) is 1. The number of aromatic amines is 1. The molecule has 1 aromatic heterocycles. The molecule has 13 nitrogen and oxygen atoms in total. The summed E-state index contributed by atoms with van der Waals surface area (Å²) in [7, 11) is 0. The maximum atomic E-state index is 13.8. The molecule has 2 aromatic carbocycles. The number of aliphatic carboxylic acids is 1. The van der Waals surface area contributed by atoms with Crippen molar-refractivity contribution >= 4 is 40.7 Å². The number of carbonyl (C=O) groups excluding carboxylic acids is 4. The molecular formula is C35H48N6O7. The van der Waals surface area contributed by atoms with Gasteiger partial charge in [0.2, 0.25) is 17.7 Å². The Bertz CT molecular complexity index is 1550. The summed E-state index contributed by atoms with van der Waals surface area (Å²) in [6.45, 7) is 8.82. The predicted octanol–water partition coefficient (Wildman–Crippen LogP) is 2.78. The summed E-state index contributed by atoms with van der Waals surface area (Å²) in [6, 6.07) is 12.8. The number of carboxylic acids is 1. The third-order valence-corrected chi connectivity index (χ3v) is 7.45. The van der Waals surface area contributed by atoms with Gasteiger partial charge in [-0.1, -0.05) is 62.4 Å². The maximum Gasteiger partial charge on any atom is 0.408 e. The summed E-state index contributed by atoms with van der Waals surface area (Å²) >= 11 is 0. The fourth-order valence-electron chi connectivity index (χ4n) is 5.25. The van der Waals surface area contributed by atoms with E-state index in [0.717, 1.165) is 22.0 Å². The molecule has 8 N–H and O–H groups in total. The lowest BCUT2D eigenvalue weighted by Gasteiger charge is -2.27. The third kappa shape index (κ3) is 12.4. The topological polar surface area (TPSA) is 205 Å². The Morgan fingerprint density at radius 1 is 0.854 bits per heavy atom. The maximum absolute atomic E-state index is 13.8. The van der Waals surface area contributed by atoms with E-state index in [1.165, 1.54) is 0 Å². The molecule has 1 heterocycles. The number of aromatic nitrogens is 1. The van der Waals surface area contributed by atoms with Gasteiger partial charge < -0.3 is 41.8 Å². The zero-order valence-corrected chi connectivity index (χ0v) is 28.2. The molecule has 0 saturated heterocycles. The summed E-state index contributed by atoms with van der Waals surface area (Å²) < 4.78 is 5.42. The van der Waals surface area contributed by atoms with Crippen molar-refractivity contribution in [2.24, 2.45) is 11.7 Å². The fourth-order valence-corrected chi connectivity index (χ4v) is 5.25. The minimum Gasteiger partial charge on any atom is -0.481 e. The molecule has 3 aromatic rings. The van der Waals surface area contributed by atoms with Crippen LogP contribution in [0, 0.1) is 5.92 Å². The molecule has 48 heavy (non-hydrogen) atoms. The molecule has 0 saturated carbocycles. The van der Waals surface area contributed by atoms with Crippen LogP contribution in [-0.4, -0.2) is 76.2 Å². The normalized spacial score (nSPS) is 14.0. The molecule has 0 aliphatic carbocycles. The lowest BCUT2D eigenvalue weighted by Crippen LogP contribution is -2.57. The second-order valence-electron chi connectivity index (χ2n) is 13.3. The van der Waals surface area contributed by atoms with E-state index in [2.05, 4.69) is 26.3 Å². The van der Waals surface area contributed by atoms with Gasteiger partial charge in [-0.15, -0.1) is 0 Å². The van der Waals surface area contributed by atoms with Crippen LogP contribution < -0.4 is 27.0 Å². The van der Waals surface area contributed by atoms with Gasteiger partial charge in [0.1, 0.15) is 17.7 Å². The molecule has 4 amide bonds. The van der Waals surface area contributed by atoms with E-state index in [1.807, 2.05) is 68.4 Å². The Morgan fingerprint density at radius 3 is 2.12 bits per heavy atom. The second kappa shape index (κ2) is 17.3. The van der Waals surface area contributed by atoms with E-state index in [9.17, 15) is 29.1 Å². The Labute approximate surface area is 280 Å². The zero-order valence-electron chi connectivity index (χ0n) is 28.2. The first-order valence-corrected chi connectivity index (χ1v) is 16.0. The van der Waals surface area contributed by atoms with Crippen molar-refractivity contribution < 1.29 is 33.8 Å². The van der Waals surface area contributed by atoms with Crippen molar-refractivity contribution in [3.63, 3.8) is 0 Å². The minimum absolute atomic E-state index is 0.0342. The van der Waals surface area contributed by atoms with Crippen LogP contribution in [0.1, 0.15) is 58.6 Å². The molecule has 0 aliphatic rings. The predicted molar refractivity (Wildman–Crippen MR) is 182 cm³/mol. The molecule has 0 radical (unpaired) electrons. The highest BCUT2D eigenvalue weighted by atomic mass is 16.6. The van der Waals surface area contributed by atoms with Crippen LogP contribution in [0.15, 0.2) is 60.8 Å². The van der Waals surface area contributed by atoms with Crippen molar-refractivity contribution in [3.05, 3.63) is 71.9 Å². The zero-order chi connectivity index (χ0) is 35.4. The number of hydrogen-bond donors (Lipinski definition) is 7. The van der Waals surface area contributed by atoms with Gasteiger partial charge in [0.15, 0.2) is 0 Å². The highest BCUT2D eigenvalue weighted by molar-refractivity contribution is 5.92. The summed E-state index contributed by atoms with van der Waals surface area (Å²) in [5, 5.41) is 21.6. The standard InChI is InChI=1S/C35H48N6O7/c1-21(2)15-28(32(45)39-24(18-30(42)43)20-38-27(31(36)44)16-22-11-7-6-8-12-22)40-33(46)29(41-34(47)48-35(3,4)5)17-23-19-37-26-14-10-9-13-25(23)26/h6-14,19,21,24,27-29,37-38H,15-18,20H2,1-5H3,(H2,36,44)(H,39,45)(H,40,46)(H,41,47)(H,42,43)/t24-,27-,28-,29-/m0/s1. The molecule has 3 rings (SSSR count). The van der Waals surface area contributed by atoms with Gasteiger partial charge in [-0.2, -0.15) is 0 Å². The van der Waals surface area contributed by atoms with E-state index in [4.69, 9.17) is 10.5 Å². The molecular weight excluding hydrogens is 616 g/mol. The SMILES string of the molecule is CC(C)C[C@H](NC(=O)[C@H](Cc1c[nH]c2ccccc12)NC(=O)OC(C)(C)C)C(=O)N[C@H](CN[C@@H](Cc1ccccc1)C(N)=O)CC(=O)O. The van der Waals surface area contributed by atoms with Gasteiger partial charge in [0.25, 0.3) is 0 Å². The second-order valence-corrected chi connectivity index (χ2v) is 13.3. The monoisotopic (exact) mass is 664 g/mol. The first kappa shape index (κ1) is 37.5. The molecule has 0 unspecified atom stereocenters.